The van der Waals surface area contributed by atoms with Crippen molar-refractivity contribution in [3.05, 3.63) is 76.9 Å². The van der Waals surface area contributed by atoms with E-state index < -0.39 is 16.0 Å². The molecule has 172 valence electrons. The molecular formula is C24H25N3O5S. The Bertz CT molecular complexity index is 1300. The first kappa shape index (κ1) is 24.0. The van der Waals surface area contributed by atoms with Crippen LogP contribution in [0.3, 0.4) is 0 Å². The van der Waals surface area contributed by atoms with Crippen molar-refractivity contribution >= 4 is 21.7 Å². The smallest absolute Gasteiger partial charge is 0.351 e. The van der Waals surface area contributed by atoms with Crippen LogP contribution in [0, 0.1) is 6.57 Å². The highest BCUT2D eigenvalue weighted by molar-refractivity contribution is 7.89. The van der Waals surface area contributed by atoms with Gasteiger partial charge in [0.25, 0.3) is 0 Å². The molecule has 0 saturated carbocycles. The van der Waals surface area contributed by atoms with E-state index in [1.54, 1.807) is 35.9 Å². The Morgan fingerprint density at radius 2 is 1.79 bits per heavy atom. The first-order valence-electron chi connectivity index (χ1n) is 10.3. The molecule has 1 heterocycles. The number of methoxy groups -OCH3 is 1. The third kappa shape index (κ3) is 4.92. The van der Waals surface area contributed by atoms with E-state index in [0.717, 1.165) is 5.56 Å². The van der Waals surface area contributed by atoms with Gasteiger partial charge in [-0.3, -0.25) is 0 Å². The largest absolute Gasteiger partial charge is 0.497 e. The number of carboxylic acid groups (broad SMARTS) is 1. The number of hydrogen-bond donors (Lipinski definition) is 2. The number of nitrogens with one attached hydrogen (secondary N) is 1. The number of sulfonamides is 1. The maximum atomic E-state index is 12.5. The van der Waals surface area contributed by atoms with Gasteiger partial charge in [-0.1, -0.05) is 31.2 Å². The molecular weight excluding hydrogens is 442 g/mol. The molecule has 0 radical (unpaired) electrons. The Morgan fingerprint density at radius 1 is 1.15 bits per heavy atom. The van der Waals surface area contributed by atoms with E-state index in [1.807, 2.05) is 19.1 Å². The standard InChI is InChI=1S/C24H25N3O5S/c1-5-20-22(25-2)21(23(24(28)29)27(20)3)17-8-6-16(7-9-17)14-15-26-33(30,31)19-12-10-18(32-4)11-13-19/h6-13,26H,5,14-15H2,1,3-4H3,(H,28,29). The number of nitrogens with zero attached hydrogens (tertiary/aromatic N) is 2. The average molecular weight is 468 g/mol. The predicted octanol–water partition coefficient (Wildman–Crippen LogP) is 4.03. The fourth-order valence-electron chi connectivity index (χ4n) is 3.77. The topological polar surface area (TPSA) is 102 Å². The van der Waals surface area contributed by atoms with E-state index in [1.165, 1.54) is 19.2 Å². The third-order valence-electron chi connectivity index (χ3n) is 5.45. The van der Waals surface area contributed by atoms with Gasteiger partial charge < -0.3 is 14.4 Å². The monoisotopic (exact) mass is 467 g/mol. The quantitative estimate of drug-likeness (QED) is 0.463. The van der Waals surface area contributed by atoms with E-state index in [9.17, 15) is 18.3 Å². The first-order valence-corrected chi connectivity index (χ1v) is 11.8. The summed E-state index contributed by atoms with van der Waals surface area (Å²) in [4.78, 5) is 15.6. The van der Waals surface area contributed by atoms with Crippen molar-refractivity contribution in [2.75, 3.05) is 13.7 Å². The maximum absolute atomic E-state index is 12.5. The van der Waals surface area contributed by atoms with Crippen LogP contribution >= 0.6 is 0 Å². The second-order valence-electron chi connectivity index (χ2n) is 7.37. The zero-order valence-electron chi connectivity index (χ0n) is 18.6. The van der Waals surface area contributed by atoms with Crippen LogP contribution < -0.4 is 9.46 Å². The molecule has 0 bridgehead atoms. The Labute approximate surface area is 193 Å². The fourth-order valence-corrected chi connectivity index (χ4v) is 4.80. The van der Waals surface area contributed by atoms with Crippen molar-refractivity contribution < 1.29 is 23.1 Å². The number of rotatable bonds is 9. The lowest BCUT2D eigenvalue weighted by Gasteiger charge is -2.09. The van der Waals surface area contributed by atoms with Crippen LogP contribution in [0.5, 0.6) is 5.75 Å². The van der Waals surface area contributed by atoms with Gasteiger partial charge in [0.1, 0.15) is 11.4 Å². The molecule has 33 heavy (non-hydrogen) atoms. The van der Waals surface area contributed by atoms with Crippen molar-refractivity contribution in [3.63, 3.8) is 0 Å². The summed E-state index contributed by atoms with van der Waals surface area (Å²) < 4.78 is 34.1. The maximum Gasteiger partial charge on any atom is 0.351 e. The van der Waals surface area contributed by atoms with Crippen LogP contribution in [-0.4, -0.2) is 37.7 Å². The number of carbonyl (C=O) groups is 1. The lowest BCUT2D eigenvalue weighted by Crippen LogP contribution is -2.25. The Balaban J connectivity index is 1.76. The number of aromatic carboxylic acids is 1. The summed E-state index contributed by atoms with van der Waals surface area (Å²) in [5.74, 6) is -0.514. The van der Waals surface area contributed by atoms with Crippen LogP contribution in [-0.2, 0) is 29.9 Å². The van der Waals surface area contributed by atoms with Crippen molar-refractivity contribution in [3.8, 4) is 16.9 Å². The molecule has 0 fully saturated rings. The van der Waals surface area contributed by atoms with Gasteiger partial charge in [0.15, 0.2) is 0 Å². The van der Waals surface area contributed by atoms with Gasteiger partial charge in [-0.2, -0.15) is 0 Å². The highest BCUT2D eigenvalue weighted by atomic mass is 32.2. The molecule has 0 atom stereocenters. The van der Waals surface area contributed by atoms with Crippen LogP contribution in [0.15, 0.2) is 53.4 Å². The molecule has 0 spiro atoms. The summed E-state index contributed by atoms with van der Waals surface area (Å²) in [6, 6.07) is 13.3. The SMILES string of the molecule is [C-]#[N+]c1c(-c2ccc(CCNS(=O)(=O)c3ccc(OC)cc3)cc2)c(C(=O)O)n(C)c1CC. The molecule has 2 aromatic carbocycles. The number of carboxylic acids is 1. The minimum atomic E-state index is -3.64. The highest BCUT2D eigenvalue weighted by Crippen LogP contribution is 2.39. The molecule has 0 aliphatic heterocycles. The van der Waals surface area contributed by atoms with Crippen molar-refractivity contribution in [1.82, 2.24) is 9.29 Å². The van der Waals surface area contributed by atoms with Crippen LogP contribution in [0.1, 0.15) is 28.7 Å². The molecule has 0 amide bonds. The molecule has 2 N–H and O–H groups in total. The lowest BCUT2D eigenvalue weighted by molar-refractivity contribution is 0.0687. The molecule has 1 aromatic heterocycles. The summed E-state index contributed by atoms with van der Waals surface area (Å²) in [5, 5.41) is 9.71. The third-order valence-corrected chi connectivity index (χ3v) is 6.93. The van der Waals surface area contributed by atoms with Gasteiger partial charge in [0.05, 0.1) is 18.6 Å². The second kappa shape index (κ2) is 9.90. The summed E-state index contributed by atoms with van der Waals surface area (Å²) in [6.07, 6.45) is 0.993. The second-order valence-corrected chi connectivity index (χ2v) is 9.14. The van der Waals surface area contributed by atoms with Crippen LogP contribution in [0.2, 0.25) is 0 Å². The Kier molecular flexibility index (Phi) is 7.21. The van der Waals surface area contributed by atoms with Gasteiger partial charge in [-0.15, -0.1) is 0 Å². The highest BCUT2D eigenvalue weighted by Gasteiger charge is 2.25. The van der Waals surface area contributed by atoms with E-state index in [0.29, 0.717) is 41.1 Å². The minimum Gasteiger partial charge on any atom is -0.497 e. The molecule has 3 rings (SSSR count). The molecule has 3 aromatic rings. The van der Waals surface area contributed by atoms with E-state index in [4.69, 9.17) is 11.3 Å². The number of benzene rings is 2. The molecule has 0 aliphatic carbocycles. The van der Waals surface area contributed by atoms with E-state index in [-0.39, 0.29) is 17.1 Å². The summed E-state index contributed by atoms with van der Waals surface area (Å²) >= 11 is 0. The Hall–Kier alpha value is -3.61. The summed E-state index contributed by atoms with van der Waals surface area (Å²) in [5.41, 5.74) is 3.02. The van der Waals surface area contributed by atoms with E-state index >= 15 is 0 Å². The molecule has 0 aliphatic rings. The van der Waals surface area contributed by atoms with Gasteiger partial charge >= 0.3 is 5.97 Å². The summed E-state index contributed by atoms with van der Waals surface area (Å²) in [6.45, 7) is 9.65. The number of ether oxygens (including phenoxy) is 1. The molecule has 9 heteroatoms. The minimum absolute atomic E-state index is 0.0813. The lowest BCUT2D eigenvalue weighted by atomic mass is 10.0. The normalized spacial score (nSPS) is 11.2. The fraction of sp³-hybridized carbons (Fsp3) is 0.250. The van der Waals surface area contributed by atoms with E-state index in [2.05, 4.69) is 9.57 Å². The molecule has 0 unspecified atom stereocenters. The van der Waals surface area contributed by atoms with Crippen molar-refractivity contribution in [2.24, 2.45) is 7.05 Å². The van der Waals surface area contributed by atoms with Crippen molar-refractivity contribution in [2.45, 2.75) is 24.7 Å². The van der Waals surface area contributed by atoms with Gasteiger partial charge in [-0.25, -0.2) is 22.8 Å². The van der Waals surface area contributed by atoms with Gasteiger partial charge in [0, 0.05) is 24.8 Å². The molecule has 8 nitrogen and oxygen atoms in total. The van der Waals surface area contributed by atoms with Crippen molar-refractivity contribution in [1.29, 1.82) is 0 Å². The van der Waals surface area contributed by atoms with Crippen LogP contribution in [0.25, 0.3) is 16.0 Å². The number of aromatic nitrogens is 1. The zero-order valence-corrected chi connectivity index (χ0v) is 19.4. The van der Waals surface area contributed by atoms with Crippen LogP contribution in [0.4, 0.5) is 5.69 Å². The summed E-state index contributed by atoms with van der Waals surface area (Å²) in [7, 11) is -0.474. The van der Waals surface area contributed by atoms with Gasteiger partial charge in [0.2, 0.25) is 15.7 Å². The van der Waals surface area contributed by atoms with Gasteiger partial charge in [-0.05, 0) is 48.2 Å². The Morgan fingerprint density at radius 3 is 2.30 bits per heavy atom. The zero-order chi connectivity index (χ0) is 24.2. The first-order chi connectivity index (χ1) is 15.7. The predicted molar refractivity (Wildman–Crippen MR) is 125 cm³/mol. The number of hydrogen-bond acceptors (Lipinski definition) is 4. The molecule has 0 saturated heterocycles. The average Bonchev–Trinajstić information content (AvgIpc) is 3.10.